The van der Waals surface area contributed by atoms with Gasteiger partial charge in [-0.1, -0.05) is 25.5 Å². The van der Waals surface area contributed by atoms with Gasteiger partial charge >= 0.3 is 0 Å². The van der Waals surface area contributed by atoms with Crippen molar-refractivity contribution in [2.45, 2.75) is 77.1 Å². The minimum absolute atomic E-state index is 0.200. The van der Waals surface area contributed by atoms with E-state index in [1.165, 1.54) is 38.5 Å². The number of hydrogen-bond donors (Lipinski definition) is 0. The Morgan fingerprint density at radius 1 is 1.04 bits per heavy atom. The maximum absolute atomic E-state index is 6.27. The fourth-order valence-electron chi connectivity index (χ4n) is 7.82. The summed E-state index contributed by atoms with van der Waals surface area (Å²) < 4.78 is 23.6. The molecule has 0 aromatic rings. The van der Waals surface area contributed by atoms with Gasteiger partial charge in [0.05, 0.1) is 19.3 Å². The monoisotopic (exact) mass is 376 g/mol. The summed E-state index contributed by atoms with van der Waals surface area (Å²) in [6.45, 7) is 7.01. The Morgan fingerprint density at radius 2 is 1.81 bits per heavy atom. The summed E-state index contributed by atoms with van der Waals surface area (Å²) in [7, 11) is 1.71. The molecule has 152 valence electrons. The summed E-state index contributed by atoms with van der Waals surface area (Å²) in [6.07, 6.45) is 12.6. The van der Waals surface area contributed by atoms with Gasteiger partial charge in [-0.25, -0.2) is 0 Å². The highest BCUT2D eigenvalue weighted by Crippen LogP contribution is 2.68. The van der Waals surface area contributed by atoms with Crippen molar-refractivity contribution in [3.8, 4) is 0 Å². The third-order valence-electron chi connectivity index (χ3n) is 9.28. The van der Waals surface area contributed by atoms with E-state index < -0.39 is 0 Å². The molecule has 1 aliphatic heterocycles. The molecule has 0 N–H and O–H groups in total. The molecule has 0 bridgehead atoms. The standard InChI is InChI=1S/C23H36O4/c1-21-9-6-17(25-15-24-3)14-16(21)4-5-18-19(21)7-10-22(2)20(18)8-11-23(22)26-12-13-27-23/h4,17-20H,5-15H2,1-3H3/t17-,18+,19-,20-,21-,22-/m0/s1. The highest BCUT2D eigenvalue weighted by molar-refractivity contribution is 5.26. The van der Waals surface area contributed by atoms with Gasteiger partial charge in [0.15, 0.2) is 5.79 Å². The number of methoxy groups -OCH3 is 1. The van der Waals surface area contributed by atoms with Crippen LogP contribution in [0.5, 0.6) is 0 Å². The number of rotatable bonds is 3. The van der Waals surface area contributed by atoms with Crippen molar-refractivity contribution in [3.63, 3.8) is 0 Å². The van der Waals surface area contributed by atoms with Crippen LogP contribution < -0.4 is 0 Å². The largest absolute Gasteiger partial charge is 0.359 e. The van der Waals surface area contributed by atoms with E-state index in [9.17, 15) is 0 Å². The Labute approximate surface area is 164 Å². The summed E-state index contributed by atoms with van der Waals surface area (Å²) in [4.78, 5) is 0. The summed E-state index contributed by atoms with van der Waals surface area (Å²) in [5.41, 5.74) is 2.23. The molecule has 4 fully saturated rings. The topological polar surface area (TPSA) is 36.9 Å². The second-order valence-corrected chi connectivity index (χ2v) is 10.1. The molecule has 6 atom stereocenters. The summed E-state index contributed by atoms with van der Waals surface area (Å²) in [6, 6.07) is 0. The van der Waals surface area contributed by atoms with Gasteiger partial charge in [-0.2, -0.15) is 0 Å². The van der Waals surface area contributed by atoms with Crippen LogP contribution in [0, 0.1) is 28.6 Å². The van der Waals surface area contributed by atoms with E-state index in [-0.39, 0.29) is 11.2 Å². The second kappa shape index (κ2) is 6.55. The molecule has 1 spiro atoms. The van der Waals surface area contributed by atoms with Crippen molar-refractivity contribution >= 4 is 0 Å². The van der Waals surface area contributed by atoms with E-state index in [4.69, 9.17) is 18.9 Å². The molecule has 3 saturated carbocycles. The molecular formula is C23H36O4. The third-order valence-corrected chi connectivity index (χ3v) is 9.28. The third kappa shape index (κ3) is 2.56. The minimum atomic E-state index is -0.279. The smallest absolute Gasteiger partial charge is 0.174 e. The number of fused-ring (bicyclic) bond motifs is 6. The first-order chi connectivity index (χ1) is 13.0. The average Bonchev–Trinajstić information content (AvgIpc) is 3.26. The maximum atomic E-state index is 6.27. The molecule has 0 unspecified atom stereocenters. The molecule has 0 amide bonds. The fourth-order valence-corrected chi connectivity index (χ4v) is 7.82. The zero-order valence-electron chi connectivity index (χ0n) is 17.3. The molecule has 0 radical (unpaired) electrons. The van der Waals surface area contributed by atoms with Crippen molar-refractivity contribution in [1.82, 2.24) is 0 Å². The Morgan fingerprint density at radius 3 is 2.59 bits per heavy atom. The lowest BCUT2D eigenvalue weighted by atomic mass is 9.47. The molecule has 5 aliphatic rings. The summed E-state index contributed by atoms with van der Waals surface area (Å²) in [5, 5.41) is 0. The summed E-state index contributed by atoms with van der Waals surface area (Å²) >= 11 is 0. The van der Waals surface area contributed by atoms with Gasteiger partial charge in [-0.3, -0.25) is 0 Å². The molecule has 4 heteroatoms. The van der Waals surface area contributed by atoms with Crippen LogP contribution in [0.25, 0.3) is 0 Å². The van der Waals surface area contributed by atoms with Gasteiger partial charge in [0.1, 0.15) is 6.79 Å². The molecule has 0 aromatic heterocycles. The van der Waals surface area contributed by atoms with E-state index >= 15 is 0 Å². The number of allylic oxidation sites excluding steroid dienone is 1. The van der Waals surface area contributed by atoms with Gasteiger partial charge in [-0.15, -0.1) is 0 Å². The number of hydrogen-bond acceptors (Lipinski definition) is 4. The lowest BCUT2D eigenvalue weighted by Crippen LogP contribution is -2.55. The van der Waals surface area contributed by atoms with Crippen LogP contribution in [0.3, 0.4) is 0 Å². The molecule has 1 saturated heterocycles. The van der Waals surface area contributed by atoms with E-state index in [1.807, 2.05) is 0 Å². The zero-order chi connectivity index (χ0) is 18.7. The molecule has 1 heterocycles. The van der Waals surface area contributed by atoms with Crippen LogP contribution in [0.1, 0.15) is 65.2 Å². The maximum Gasteiger partial charge on any atom is 0.174 e. The Hall–Kier alpha value is -0.420. The first kappa shape index (κ1) is 18.6. The minimum Gasteiger partial charge on any atom is -0.359 e. The SMILES string of the molecule is COCO[C@H]1CC[C@@]2(C)C(=CC[C@@H]3[C@@H]2CC[C@@]2(C)[C@H]3CCC23OCCO3)C1. The number of ether oxygens (including phenoxy) is 4. The first-order valence-corrected chi connectivity index (χ1v) is 11.1. The van der Waals surface area contributed by atoms with Crippen LogP contribution in [0.15, 0.2) is 11.6 Å². The fraction of sp³-hybridized carbons (Fsp3) is 0.913. The van der Waals surface area contributed by atoms with Crippen molar-refractivity contribution in [2.24, 2.45) is 28.6 Å². The molecule has 4 nitrogen and oxygen atoms in total. The van der Waals surface area contributed by atoms with Crippen LogP contribution >= 0.6 is 0 Å². The van der Waals surface area contributed by atoms with Gasteiger partial charge in [0, 0.05) is 18.9 Å². The van der Waals surface area contributed by atoms with Crippen molar-refractivity contribution in [1.29, 1.82) is 0 Å². The molecule has 4 aliphatic carbocycles. The van der Waals surface area contributed by atoms with Crippen LogP contribution in [-0.2, 0) is 18.9 Å². The Bertz CT molecular complexity index is 609. The van der Waals surface area contributed by atoms with Crippen LogP contribution in [0.2, 0.25) is 0 Å². The van der Waals surface area contributed by atoms with E-state index in [1.54, 1.807) is 12.7 Å². The molecule has 5 rings (SSSR count). The van der Waals surface area contributed by atoms with E-state index in [0.29, 0.717) is 18.3 Å². The molecular weight excluding hydrogens is 340 g/mol. The highest BCUT2D eigenvalue weighted by atomic mass is 16.7. The molecule has 0 aromatic carbocycles. The van der Waals surface area contributed by atoms with Crippen molar-refractivity contribution in [3.05, 3.63) is 11.6 Å². The van der Waals surface area contributed by atoms with Crippen LogP contribution in [-0.4, -0.2) is 39.0 Å². The predicted molar refractivity (Wildman–Crippen MR) is 103 cm³/mol. The second-order valence-electron chi connectivity index (χ2n) is 10.1. The van der Waals surface area contributed by atoms with Gasteiger partial charge in [-0.05, 0) is 68.1 Å². The highest BCUT2D eigenvalue weighted by Gasteiger charge is 2.66. The Kier molecular flexibility index (Phi) is 4.51. The quantitative estimate of drug-likeness (QED) is 0.529. The predicted octanol–water partition coefficient (Wildman–Crippen LogP) is 4.68. The molecule has 27 heavy (non-hydrogen) atoms. The zero-order valence-corrected chi connectivity index (χ0v) is 17.3. The Balaban J connectivity index is 1.39. The average molecular weight is 377 g/mol. The van der Waals surface area contributed by atoms with Crippen molar-refractivity contribution in [2.75, 3.05) is 27.1 Å². The van der Waals surface area contributed by atoms with E-state index in [0.717, 1.165) is 43.8 Å². The van der Waals surface area contributed by atoms with Crippen LogP contribution in [0.4, 0.5) is 0 Å². The normalized spacial score (nSPS) is 48.0. The lowest BCUT2D eigenvalue weighted by Gasteiger charge is -2.58. The lowest BCUT2D eigenvalue weighted by molar-refractivity contribution is -0.242. The van der Waals surface area contributed by atoms with E-state index in [2.05, 4.69) is 19.9 Å². The first-order valence-electron chi connectivity index (χ1n) is 11.1. The van der Waals surface area contributed by atoms with Gasteiger partial charge < -0.3 is 18.9 Å². The van der Waals surface area contributed by atoms with Crippen molar-refractivity contribution < 1.29 is 18.9 Å². The van der Waals surface area contributed by atoms with Gasteiger partial charge in [0.25, 0.3) is 0 Å². The van der Waals surface area contributed by atoms with Gasteiger partial charge in [0.2, 0.25) is 0 Å². The summed E-state index contributed by atoms with van der Waals surface area (Å²) in [5.74, 6) is 2.07.